The molecule has 0 aliphatic carbocycles. The van der Waals surface area contributed by atoms with Gasteiger partial charge in [0.1, 0.15) is 5.15 Å². The Kier molecular flexibility index (Phi) is 9.87. The number of carbonyl (C=O) groups excluding carboxylic acids is 2. The molecule has 1 aliphatic heterocycles. The highest BCUT2D eigenvalue weighted by Crippen LogP contribution is 2.23. The van der Waals surface area contributed by atoms with Crippen molar-refractivity contribution in [3.05, 3.63) is 50.4 Å². The number of aryl methyl sites for hydroxylation is 2. The number of nitrogens with zero attached hydrogens (tertiary/aromatic N) is 4. The lowest BCUT2D eigenvalue weighted by Crippen LogP contribution is -2.53. The third-order valence-electron chi connectivity index (χ3n) is 7.00. The standard InChI is InChI=1S/C26H37ClN6O2S/c1-17-14-23(27)30-19(3)24(17)25(35)29-10-6-18(2)32-11-7-22(8-12-32)33(15-21-9-13-36-16-21)26(28)31(5)20(4)34/h9,13-14,16,18,22,28H,6-8,10-12,15H2,1-5H3,(H,29,35)/t18-/m1/s1. The molecule has 1 atom stereocenters. The van der Waals surface area contributed by atoms with Crippen molar-refractivity contribution in [3.8, 4) is 0 Å². The Labute approximate surface area is 223 Å². The SMILES string of the molecule is CC(=O)N(C)C(=N)N(Cc1ccsc1)C1CCN([C@H](C)CCNC(=O)c2c(C)cc(Cl)nc2C)CC1. The van der Waals surface area contributed by atoms with E-state index in [1.54, 1.807) is 31.4 Å². The lowest BCUT2D eigenvalue weighted by Gasteiger charge is -2.42. The van der Waals surface area contributed by atoms with E-state index < -0.39 is 0 Å². The summed E-state index contributed by atoms with van der Waals surface area (Å²) in [7, 11) is 1.67. The molecule has 8 nitrogen and oxygen atoms in total. The van der Waals surface area contributed by atoms with Crippen LogP contribution in [0.25, 0.3) is 0 Å². The van der Waals surface area contributed by atoms with E-state index in [-0.39, 0.29) is 23.8 Å². The second-order valence-electron chi connectivity index (χ2n) is 9.54. The van der Waals surface area contributed by atoms with Crippen molar-refractivity contribution < 1.29 is 9.59 Å². The summed E-state index contributed by atoms with van der Waals surface area (Å²) in [5.41, 5.74) is 3.22. The minimum absolute atomic E-state index is 0.114. The number of carbonyl (C=O) groups is 2. The van der Waals surface area contributed by atoms with E-state index in [4.69, 9.17) is 17.0 Å². The van der Waals surface area contributed by atoms with Gasteiger partial charge in [0.2, 0.25) is 11.9 Å². The summed E-state index contributed by atoms with van der Waals surface area (Å²) in [4.78, 5) is 34.8. The molecular formula is C26H37ClN6O2S. The van der Waals surface area contributed by atoms with Gasteiger partial charge in [0.05, 0.1) is 11.3 Å². The van der Waals surface area contributed by atoms with Gasteiger partial charge in [-0.2, -0.15) is 11.3 Å². The number of guanidine groups is 1. The fraction of sp³-hybridized carbons (Fsp3) is 0.538. The zero-order valence-corrected chi connectivity index (χ0v) is 23.4. The van der Waals surface area contributed by atoms with E-state index >= 15 is 0 Å². The molecule has 1 fully saturated rings. The summed E-state index contributed by atoms with van der Waals surface area (Å²) in [6, 6.07) is 4.31. The molecule has 0 radical (unpaired) electrons. The fourth-order valence-corrected chi connectivity index (χ4v) is 5.68. The van der Waals surface area contributed by atoms with Gasteiger partial charge in [0, 0.05) is 52.2 Å². The van der Waals surface area contributed by atoms with Crippen LogP contribution in [0.5, 0.6) is 0 Å². The Balaban J connectivity index is 1.53. The minimum Gasteiger partial charge on any atom is -0.352 e. The van der Waals surface area contributed by atoms with E-state index in [9.17, 15) is 9.59 Å². The average Bonchev–Trinajstić information content (AvgIpc) is 3.34. The first-order valence-electron chi connectivity index (χ1n) is 12.3. The number of likely N-dealkylation sites (tertiary alicyclic amines) is 1. The molecule has 0 unspecified atom stereocenters. The number of thiophene rings is 1. The number of rotatable bonds is 8. The monoisotopic (exact) mass is 532 g/mol. The van der Waals surface area contributed by atoms with Crippen LogP contribution in [0.2, 0.25) is 5.15 Å². The molecule has 0 bridgehead atoms. The highest BCUT2D eigenvalue weighted by atomic mass is 35.5. The summed E-state index contributed by atoms with van der Waals surface area (Å²) < 4.78 is 0. The molecule has 2 aromatic heterocycles. The summed E-state index contributed by atoms with van der Waals surface area (Å²) >= 11 is 7.63. The van der Waals surface area contributed by atoms with E-state index in [0.29, 0.717) is 35.5 Å². The molecule has 2 aromatic rings. The maximum absolute atomic E-state index is 12.7. The Hall–Kier alpha value is -2.49. The molecule has 10 heteroatoms. The van der Waals surface area contributed by atoms with Gasteiger partial charge in [-0.05, 0) is 74.1 Å². The second-order valence-corrected chi connectivity index (χ2v) is 10.7. The van der Waals surface area contributed by atoms with Crippen LogP contribution in [0.1, 0.15) is 60.3 Å². The Morgan fingerprint density at radius 3 is 2.61 bits per heavy atom. The summed E-state index contributed by atoms with van der Waals surface area (Å²) in [6.07, 6.45) is 2.69. The van der Waals surface area contributed by atoms with Crippen LogP contribution in [0.3, 0.4) is 0 Å². The van der Waals surface area contributed by atoms with Crippen molar-refractivity contribution in [2.75, 3.05) is 26.7 Å². The molecule has 2 N–H and O–H groups in total. The van der Waals surface area contributed by atoms with Gasteiger partial charge in [0.25, 0.3) is 5.91 Å². The molecule has 196 valence electrons. The van der Waals surface area contributed by atoms with Crippen LogP contribution in [-0.2, 0) is 11.3 Å². The number of piperidine rings is 1. The highest BCUT2D eigenvalue weighted by Gasteiger charge is 2.30. The van der Waals surface area contributed by atoms with Gasteiger partial charge in [-0.25, -0.2) is 4.98 Å². The van der Waals surface area contributed by atoms with Gasteiger partial charge in [-0.15, -0.1) is 0 Å². The molecule has 3 heterocycles. The van der Waals surface area contributed by atoms with Crippen LogP contribution < -0.4 is 5.32 Å². The summed E-state index contributed by atoms with van der Waals surface area (Å²) in [5.74, 6) is 0.00521. The predicted molar refractivity (Wildman–Crippen MR) is 146 cm³/mol. The van der Waals surface area contributed by atoms with Crippen molar-refractivity contribution in [1.82, 2.24) is 25.0 Å². The van der Waals surface area contributed by atoms with Crippen LogP contribution in [-0.4, -0.2) is 76.2 Å². The average molecular weight is 533 g/mol. The molecule has 3 rings (SSSR count). The fourth-order valence-electron chi connectivity index (χ4n) is 4.73. The lowest BCUT2D eigenvalue weighted by atomic mass is 10.0. The first-order chi connectivity index (χ1) is 17.1. The van der Waals surface area contributed by atoms with Gasteiger partial charge >= 0.3 is 0 Å². The normalized spacial score (nSPS) is 15.4. The number of aromatic nitrogens is 1. The van der Waals surface area contributed by atoms with Crippen LogP contribution >= 0.6 is 22.9 Å². The smallest absolute Gasteiger partial charge is 0.253 e. The molecule has 0 spiro atoms. The Morgan fingerprint density at radius 1 is 1.33 bits per heavy atom. The summed E-state index contributed by atoms with van der Waals surface area (Å²) in [6.45, 7) is 10.4. The maximum Gasteiger partial charge on any atom is 0.253 e. The quantitative estimate of drug-likeness (QED) is 0.300. The molecule has 0 saturated carbocycles. The molecule has 1 saturated heterocycles. The molecule has 0 aromatic carbocycles. The maximum atomic E-state index is 12.7. The number of hydrogen-bond acceptors (Lipinski definition) is 6. The van der Waals surface area contributed by atoms with Gasteiger partial charge in [-0.3, -0.25) is 19.9 Å². The Bertz CT molecular complexity index is 1050. The second kappa shape index (κ2) is 12.7. The lowest BCUT2D eigenvalue weighted by molar-refractivity contribution is -0.124. The minimum atomic E-state index is -0.136. The largest absolute Gasteiger partial charge is 0.352 e. The topological polar surface area (TPSA) is 92.6 Å². The van der Waals surface area contributed by atoms with Crippen molar-refractivity contribution in [1.29, 1.82) is 5.41 Å². The third kappa shape index (κ3) is 7.05. The van der Waals surface area contributed by atoms with Crippen molar-refractivity contribution in [2.45, 2.75) is 65.6 Å². The molecule has 1 aliphatic rings. The highest BCUT2D eigenvalue weighted by molar-refractivity contribution is 7.07. The zero-order chi connectivity index (χ0) is 26.4. The van der Waals surface area contributed by atoms with E-state index in [1.165, 1.54) is 11.8 Å². The first-order valence-corrected chi connectivity index (χ1v) is 13.7. The van der Waals surface area contributed by atoms with Crippen LogP contribution in [0.4, 0.5) is 0 Å². The molecule has 2 amide bonds. The van der Waals surface area contributed by atoms with Crippen LogP contribution in [0, 0.1) is 19.3 Å². The summed E-state index contributed by atoms with van der Waals surface area (Å²) in [5, 5.41) is 16.2. The number of pyridine rings is 1. The van der Waals surface area contributed by atoms with E-state index in [2.05, 4.69) is 38.5 Å². The first kappa shape index (κ1) is 28.1. The number of hydrogen-bond donors (Lipinski definition) is 2. The molecule has 36 heavy (non-hydrogen) atoms. The van der Waals surface area contributed by atoms with Gasteiger partial charge < -0.3 is 15.1 Å². The number of halogens is 1. The molecular weight excluding hydrogens is 496 g/mol. The Morgan fingerprint density at radius 2 is 2.03 bits per heavy atom. The van der Waals surface area contributed by atoms with E-state index in [0.717, 1.165) is 43.5 Å². The predicted octanol–water partition coefficient (Wildman–Crippen LogP) is 4.30. The van der Waals surface area contributed by atoms with Crippen molar-refractivity contribution in [2.24, 2.45) is 0 Å². The number of amides is 2. The van der Waals surface area contributed by atoms with Crippen molar-refractivity contribution >= 4 is 40.7 Å². The van der Waals surface area contributed by atoms with Gasteiger partial charge in [0.15, 0.2) is 0 Å². The van der Waals surface area contributed by atoms with Crippen LogP contribution in [0.15, 0.2) is 22.9 Å². The third-order valence-corrected chi connectivity index (χ3v) is 7.92. The van der Waals surface area contributed by atoms with Crippen molar-refractivity contribution in [3.63, 3.8) is 0 Å². The van der Waals surface area contributed by atoms with Gasteiger partial charge in [-0.1, -0.05) is 11.6 Å². The number of nitrogens with one attached hydrogen (secondary N) is 2. The zero-order valence-electron chi connectivity index (χ0n) is 21.8. The van der Waals surface area contributed by atoms with E-state index in [1.807, 2.05) is 12.3 Å².